The summed E-state index contributed by atoms with van der Waals surface area (Å²) in [5.74, 6) is -1.17. The van der Waals surface area contributed by atoms with Crippen LogP contribution in [0.25, 0.3) is 0 Å². The van der Waals surface area contributed by atoms with Gasteiger partial charge < -0.3 is 5.32 Å². The van der Waals surface area contributed by atoms with Crippen molar-refractivity contribution in [2.75, 3.05) is 5.32 Å². The summed E-state index contributed by atoms with van der Waals surface area (Å²) in [7, 11) is -3.65. The van der Waals surface area contributed by atoms with Gasteiger partial charge in [-0.15, -0.1) is 0 Å². The number of benzene rings is 2. The van der Waals surface area contributed by atoms with Crippen LogP contribution in [0.2, 0.25) is 0 Å². The largest absolute Gasteiger partial charge is 0.319 e. The Bertz CT molecular complexity index is 898. The minimum absolute atomic E-state index is 0.0123. The molecule has 1 saturated carbocycles. The number of sulfonamides is 1. The molecule has 0 spiro atoms. The molecule has 5 nitrogen and oxygen atoms in total. The van der Waals surface area contributed by atoms with E-state index >= 15 is 0 Å². The van der Waals surface area contributed by atoms with Crippen LogP contribution < -0.4 is 10.0 Å². The number of nitrogens with one attached hydrogen (secondary N) is 2. The van der Waals surface area contributed by atoms with Crippen LogP contribution in [0.15, 0.2) is 51.8 Å². The van der Waals surface area contributed by atoms with E-state index in [-0.39, 0.29) is 22.2 Å². The number of hydrogen-bond donors (Lipinski definition) is 2. The zero-order valence-corrected chi connectivity index (χ0v) is 14.8. The molecule has 2 aromatic rings. The molecule has 1 aliphatic carbocycles. The maximum absolute atomic E-state index is 13.8. The van der Waals surface area contributed by atoms with Gasteiger partial charge in [-0.1, -0.05) is 22.0 Å². The summed E-state index contributed by atoms with van der Waals surface area (Å²) in [6.07, 6.45) is 1.64. The molecule has 2 aromatic carbocycles. The predicted molar refractivity (Wildman–Crippen MR) is 91.8 cm³/mol. The molecule has 126 valence electrons. The Morgan fingerprint density at radius 2 is 1.92 bits per heavy atom. The third-order valence-electron chi connectivity index (χ3n) is 3.49. The van der Waals surface area contributed by atoms with E-state index in [4.69, 9.17) is 0 Å². The van der Waals surface area contributed by atoms with Crippen LogP contribution in [0.4, 0.5) is 10.1 Å². The molecular weight excluding hydrogens is 399 g/mol. The van der Waals surface area contributed by atoms with Crippen LogP contribution in [0.1, 0.15) is 23.2 Å². The van der Waals surface area contributed by atoms with E-state index in [1.54, 1.807) is 6.07 Å². The zero-order chi connectivity index (χ0) is 17.3. The average molecular weight is 413 g/mol. The molecule has 1 amide bonds. The summed E-state index contributed by atoms with van der Waals surface area (Å²) in [6.45, 7) is 0. The number of halogens is 2. The SMILES string of the molecule is O=C(Nc1ccc(Br)cc1F)c1cccc(S(=O)(=O)NC2CC2)c1. The highest BCUT2D eigenvalue weighted by molar-refractivity contribution is 9.10. The molecule has 0 aromatic heterocycles. The summed E-state index contributed by atoms with van der Waals surface area (Å²) in [4.78, 5) is 12.3. The van der Waals surface area contributed by atoms with E-state index in [9.17, 15) is 17.6 Å². The number of carbonyl (C=O) groups is 1. The number of rotatable bonds is 5. The van der Waals surface area contributed by atoms with Gasteiger partial charge in [-0.2, -0.15) is 0 Å². The van der Waals surface area contributed by atoms with Gasteiger partial charge in [-0.25, -0.2) is 17.5 Å². The molecule has 3 rings (SSSR count). The van der Waals surface area contributed by atoms with Crippen molar-refractivity contribution in [1.82, 2.24) is 4.72 Å². The number of amides is 1. The second-order valence-corrected chi connectivity index (χ2v) is 8.13. The van der Waals surface area contributed by atoms with Gasteiger partial charge in [0.15, 0.2) is 0 Å². The number of carbonyl (C=O) groups excluding carboxylic acids is 1. The Kier molecular flexibility index (Phi) is 4.71. The van der Waals surface area contributed by atoms with Gasteiger partial charge in [0.25, 0.3) is 5.91 Å². The van der Waals surface area contributed by atoms with E-state index in [0.717, 1.165) is 12.8 Å². The summed E-state index contributed by atoms with van der Waals surface area (Å²) >= 11 is 3.14. The first-order valence-electron chi connectivity index (χ1n) is 7.24. The average Bonchev–Trinajstić information content (AvgIpc) is 3.33. The van der Waals surface area contributed by atoms with Gasteiger partial charge in [-0.3, -0.25) is 4.79 Å². The van der Waals surface area contributed by atoms with Crippen molar-refractivity contribution in [3.63, 3.8) is 0 Å². The lowest BCUT2D eigenvalue weighted by Crippen LogP contribution is -2.26. The molecule has 0 atom stereocenters. The summed E-state index contributed by atoms with van der Waals surface area (Å²) < 4.78 is 41.3. The summed E-state index contributed by atoms with van der Waals surface area (Å²) in [5.41, 5.74) is 0.156. The van der Waals surface area contributed by atoms with E-state index in [2.05, 4.69) is 26.0 Å². The van der Waals surface area contributed by atoms with Crippen molar-refractivity contribution in [2.24, 2.45) is 0 Å². The van der Waals surface area contributed by atoms with Gasteiger partial charge in [0, 0.05) is 16.1 Å². The quantitative estimate of drug-likeness (QED) is 0.790. The van der Waals surface area contributed by atoms with Gasteiger partial charge in [0.05, 0.1) is 10.6 Å². The van der Waals surface area contributed by atoms with Crippen molar-refractivity contribution in [1.29, 1.82) is 0 Å². The zero-order valence-electron chi connectivity index (χ0n) is 12.4. The number of hydrogen-bond acceptors (Lipinski definition) is 3. The smallest absolute Gasteiger partial charge is 0.255 e. The first-order valence-corrected chi connectivity index (χ1v) is 9.51. The van der Waals surface area contributed by atoms with Crippen molar-refractivity contribution < 1.29 is 17.6 Å². The Labute approximate surface area is 147 Å². The first-order chi connectivity index (χ1) is 11.3. The molecule has 2 N–H and O–H groups in total. The Hall–Kier alpha value is -1.77. The van der Waals surface area contributed by atoms with Crippen molar-refractivity contribution >= 4 is 37.5 Å². The van der Waals surface area contributed by atoms with Crippen LogP contribution in [-0.4, -0.2) is 20.4 Å². The molecular formula is C16H14BrFN2O3S. The van der Waals surface area contributed by atoms with E-state index in [0.29, 0.717) is 4.47 Å². The highest BCUT2D eigenvalue weighted by Crippen LogP contribution is 2.23. The van der Waals surface area contributed by atoms with Gasteiger partial charge in [0.1, 0.15) is 5.82 Å². The van der Waals surface area contributed by atoms with Gasteiger partial charge >= 0.3 is 0 Å². The maximum Gasteiger partial charge on any atom is 0.255 e. The van der Waals surface area contributed by atoms with Gasteiger partial charge in [0.2, 0.25) is 10.0 Å². The lowest BCUT2D eigenvalue weighted by atomic mass is 10.2. The summed E-state index contributed by atoms with van der Waals surface area (Å²) in [5, 5.41) is 2.44. The Morgan fingerprint density at radius 3 is 2.58 bits per heavy atom. The lowest BCUT2D eigenvalue weighted by Gasteiger charge is -2.09. The van der Waals surface area contributed by atoms with Crippen molar-refractivity contribution in [3.05, 3.63) is 58.3 Å². The molecule has 1 aliphatic rings. The highest BCUT2D eigenvalue weighted by atomic mass is 79.9. The molecule has 24 heavy (non-hydrogen) atoms. The fourth-order valence-corrected chi connectivity index (χ4v) is 3.76. The Morgan fingerprint density at radius 1 is 1.17 bits per heavy atom. The summed E-state index contributed by atoms with van der Waals surface area (Å²) in [6, 6.07) is 9.88. The first kappa shape index (κ1) is 17.1. The number of anilines is 1. The fourth-order valence-electron chi connectivity index (χ4n) is 2.08. The molecule has 0 aliphatic heterocycles. The second-order valence-electron chi connectivity index (χ2n) is 5.50. The molecule has 1 fully saturated rings. The molecule has 0 bridgehead atoms. The molecule has 0 unspecified atom stereocenters. The second kappa shape index (κ2) is 6.62. The minimum Gasteiger partial charge on any atom is -0.319 e. The standard InChI is InChI=1S/C16H14BrFN2O3S/c17-11-4-7-15(14(18)9-11)19-16(21)10-2-1-3-13(8-10)24(22,23)20-12-5-6-12/h1-4,7-9,12,20H,5-6H2,(H,19,21). The highest BCUT2D eigenvalue weighted by Gasteiger charge is 2.28. The fraction of sp³-hybridized carbons (Fsp3) is 0.188. The molecule has 0 heterocycles. The Balaban J connectivity index is 1.81. The van der Waals surface area contributed by atoms with Crippen LogP contribution in [0.3, 0.4) is 0 Å². The van der Waals surface area contributed by atoms with Gasteiger partial charge in [-0.05, 0) is 49.2 Å². The maximum atomic E-state index is 13.8. The van der Waals surface area contributed by atoms with E-state index in [1.807, 2.05) is 0 Å². The lowest BCUT2D eigenvalue weighted by molar-refractivity contribution is 0.102. The van der Waals surface area contributed by atoms with E-state index < -0.39 is 21.7 Å². The normalized spacial score (nSPS) is 14.4. The van der Waals surface area contributed by atoms with Crippen LogP contribution in [-0.2, 0) is 10.0 Å². The monoisotopic (exact) mass is 412 g/mol. The third kappa shape index (κ3) is 4.00. The molecule has 0 radical (unpaired) electrons. The van der Waals surface area contributed by atoms with Crippen LogP contribution in [0.5, 0.6) is 0 Å². The van der Waals surface area contributed by atoms with Crippen molar-refractivity contribution in [2.45, 2.75) is 23.8 Å². The van der Waals surface area contributed by atoms with Crippen LogP contribution >= 0.6 is 15.9 Å². The van der Waals surface area contributed by atoms with Crippen LogP contribution in [0, 0.1) is 5.82 Å². The topological polar surface area (TPSA) is 75.3 Å². The third-order valence-corrected chi connectivity index (χ3v) is 5.50. The predicted octanol–water partition coefficient (Wildman–Crippen LogP) is 3.28. The minimum atomic E-state index is -3.65. The molecule has 8 heteroatoms. The molecule has 0 saturated heterocycles. The van der Waals surface area contributed by atoms with E-state index in [1.165, 1.54) is 36.4 Å². The van der Waals surface area contributed by atoms with Crippen molar-refractivity contribution in [3.8, 4) is 0 Å².